The minimum absolute atomic E-state index is 0.0827. The molecule has 1 aromatic heterocycles. The number of H-pyrrole nitrogens is 1. The van der Waals surface area contributed by atoms with Gasteiger partial charge in [0.15, 0.2) is 0 Å². The SMILES string of the molecule is CC(C)(C)c1cc(C(=O)N2CCC(F)(C(=O)O)C2)n[nH]1. The molecule has 0 radical (unpaired) electrons. The molecule has 0 bridgehead atoms. The first-order chi connectivity index (χ1) is 9.13. The van der Waals surface area contributed by atoms with Gasteiger partial charge in [-0.25, -0.2) is 9.18 Å². The van der Waals surface area contributed by atoms with Crippen LogP contribution in [0.15, 0.2) is 6.07 Å². The Balaban J connectivity index is 2.14. The van der Waals surface area contributed by atoms with Crippen LogP contribution in [0.3, 0.4) is 0 Å². The quantitative estimate of drug-likeness (QED) is 0.857. The van der Waals surface area contributed by atoms with Gasteiger partial charge >= 0.3 is 5.97 Å². The Morgan fingerprint density at radius 2 is 2.15 bits per heavy atom. The summed E-state index contributed by atoms with van der Waals surface area (Å²) in [6, 6.07) is 1.63. The Morgan fingerprint density at radius 1 is 1.50 bits per heavy atom. The van der Waals surface area contributed by atoms with E-state index in [1.165, 1.54) is 4.90 Å². The van der Waals surface area contributed by atoms with Gasteiger partial charge in [-0.15, -0.1) is 0 Å². The van der Waals surface area contributed by atoms with Gasteiger partial charge in [0.1, 0.15) is 5.69 Å². The fraction of sp³-hybridized carbons (Fsp3) is 0.615. The number of amides is 1. The summed E-state index contributed by atoms with van der Waals surface area (Å²) in [7, 11) is 0. The average molecular weight is 283 g/mol. The zero-order valence-electron chi connectivity index (χ0n) is 11.7. The summed E-state index contributed by atoms with van der Waals surface area (Å²) < 4.78 is 13.9. The number of aromatic nitrogens is 2. The molecule has 1 aliphatic rings. The molecular weight excluding hydrogens is 265 g/mol. The molecule has 2 heterocycles. The topological polar surface area (TPSA) is 86.3 Å². The predicted octanol–water partition coefficient (Wildman–Crippen LogP) is 1.35. The lowest BCUT2D eigenvalue weighted by Gasteiger charge is -2.16. The molecule has 0 aromatic carbocycles. The monoisotopic (exact) mass is 283 g/mol. The molecule has 1 unspecified atom stereocenters. The van der Waals surface area contributed by atoms with Gasteiger partial charge in [0.05, 0.1) is 6.54 Å². The number of hydrogen-bond donors (Lipinski definition) is 2. The predicted molar refractivity (Wildman–Crippen MR) is 69.3 cm³/mol. The van der Waals surface area contributed by atoms with E-state index in [-0.39, 0.29) is 24.1 Å². The fourth-order valence-corrected chi connectivity index (χ4v) is 2.10. The van der Waals surface area contributed by atoms with E-state index in [1.54, 1.807) is 6.07 Å². The van der Waals surface area contributed by atoms with Crippen molar-refractivity contribution < 1.29 is 19.1 Å². The zero-order valence-corrected chi connectivity index (χ0v) is 11.7. The van der Waals surface area contributed by atoms with Crippen LogP contribution in [-0.4, -0.2) is 50.8 Å². The lowest BCUT2D eigenvalue weighted by atomic mass is 9.92. The summed E-state index contributed by atoms with van der Waals surface area (Å²) in [5, 5.41) is 15.5. The Morgan fingerprint density at radius 3 is 2.60 bits per heavy atom. The smallest absolute Gasteiger partial charge is 0.343 e. The lowest BCUT2D eigenvalue weighted by molar-refractivity contribution is -0.149. The minimum atomic E-state index is -2.35. The van der Waals surface area contributed by atoms with Gasteiger partial charge in [-0.1, -0.05) is 20.8 Å². The third-order valence-corrected chi connectivity index (χ3v) is 3.49. The minimum Gasteiger partial charge on any atom is -0.479 e. The Kier molecular flexibility index (Phi) is 3.31. The number of nitrogens with zero attached hydrogens (tertiary/aromatic N) is 2. The first-order valence-electron chi connectivity index (χ1n) is 6.41. The largest absolute Gasteiger partial charge is 0.479 e. The third kappa shape index (κ3) is 2.52. The van der Waals surface area contributed by atoms with Gasteiger partial charge in [-0.2, -0.15) is 5.10 Å². The van der Waals surface area contributed by atoms with E-state index in [2.05, 4.69) is 10.2 Å². The Hall–Kier alpha value is -1.92. The number of aromatic amines is 1. The molecule has 7 heteroatoms. The molecule has 1 fully saturated rings. The number of aliphatic carboxylic acids is 1. The maximum Gasteiger partial charge on any atom is 0.343 e. The molecule has 1 aliphatic heterocycles. The van der Waals surface area contributed by atoms with Gasteiger partial charge < -0.3 is 10.0 Å². The lowest BCUT2D eigenvalue weighted by Crippen LogP contribution is -2.39. The average Bonchev–Trinajstić information content (AvgIpc) is 2.94. The normalized spacial score (nSPS) is 23.1. The number of carboxylic acids is 1. The first-order valence-corrected chi connectivity index (χ1v) is 6.41. The number of hydrogen-bond acceptors (Lipinski definition) is 3. The van der Waals surface area contributed by atoms with Crippen LogP contribution in [0.2, 0.25) is 0 Å². The number of nitrogens with one attached hydrogen (secondary N) is 1. The highest BCUT2D eigenvalue weighted by Gasteiger charge is 2.47. The number of halogens is 1. The second-order valence-electron chi connectivity index (χ2n) is 6.16. The molecule has 1 atom stereocenters. The van der Waals surface area contributed by atoms with Crippen molar-refractivity contribution in [3.63, 3.8) is 0 Å². The zero-order chi connectivity index (χ0) is 15.1. The number of carbonyl (C=O) groups is 2. The van der Waals surface area contributed by atoms with Crippen molar-refractivity contribution in [2.45, 2.75) is 38.3 Å². The summed E-state index contributed by atoms with van der Waals surface area (Å²) in [6.45, 7) is 5.57. The number of alkyl halides is 1. The van der Waals surface area contributed by atoms with Crippen molar-refractivity contribution in [1.82, 2.24) is 15.1 Å². The molecule has 20 heavy (non-hydrogen) atoms. The van der Waals surface area contributed by atoms with E-state index in [1.807, 2.05) is 20.8 Å². The van der Waals surface area contributed by atoms with Crippen LogP contribution >= 0.6 is 0 Å². The van der Waals surface area contributed by atoms with E-state index < -0.39 is 24.1 Å². The van der Waals surface area contributed by atoms with Gasteiger partial charge in [-0.05, 0) is 6.07 Å². The maximum absolute atomic E-state index is 13.9. The molecule has 1 saturated heterocycles. The summed E-state index contributed by atoms with van der Waals surface area (Å²) >= 11 is 0. The van der Waals surface area contributed by atoms with Crippen LogP contribution in [0.4, 0.5) is 4.39 Å². The first kappa shape index (κ1) is 14.5. The second-order valence-corrected chi connectivity index (χ2v) is 6.16. The summed E-state index contributed by atoms with van der Waals surface area (Å²) in [4.78, 5) is 24.2. The Bertz CT molecular complexity index is 549. The molecule has 0 aliphatic carbocycles. The molecule has 2 N–H and O–H groups in total. The number of carboxylic acid groups (broad SMARTS) is 1. The summed E-state index contributed by atoms with van der Waals surface area (Å²) in [5.41, 5.74) is -1.55. The highest BCUT2D eigenvalue weighted by molar-refractivity contribution is 5.93. The van der Waals surface area contributed by atoms with Gasteiger partial charge in [0.2, 0.25) is 5.67 Å². The second kappa shape index (κ2) is 4.57. The number of rotatable bonds is 2. The standard InChI is InChI=1S/C13H18FN3O3/c1-12(2,3)9-6-8(15-16-9)10(18)17-5-4-13(14,7-17)11(19)20/h6H,4-5,7H2,1-3H3,(H,15,16)(H,19,20). The summed E-state index contributed by atoms with van der Waals surface area (Å²) in [6.07, 6.45) is -0.190. The molecular formula is C13H18FN3O3. The van der Waals surface area contributed by atoms with Crippen LogP contribution in [0.5, 0.6) is 0 Å². The van der Waals surface area contributed by atoms with Crippen LogP contribution in [0.1, 0.15) is 43.4 Å². The van der Waals surface area contributed by atoms with Crippen molar-refractivity contribution in [3.8, 4) is 0 Å². The van der Waals surface area contributed by atoms with Crippen molar-refractivity contribution in [3.05, 3.63) is 17.5 Å². The molecule has 1 amide bonds. The maximum atomic E-state index is 13.9. The van der Waals surface area contributed by atoms with Gasteiger partial charge in [0.25, 0.3) is 5.91 Å². The Labute approximate surface area is 116 Å². The molecule has 1 aromatic rings. The molecule has 6 nitrogen and oxygen atoms in total. The van der Waals surface area contributed by atoms with Crippen LogP contribution < -0.4 is 0 Å². The highest BCUT2D eigenvalue weighted by Crippen LogP contribution is 2.27. The highest BCUT2D eigenvalue weighted by atomic mass is 19.1. The number of carbonyl (C=O) groups excluding carboxylic acids is 1. The molecule has 2 rings (SSSR count). The van der Waals surface area contributed by atoms with Crippen LogP contribution in [-0.2, 0) is 10.2 Å². The van der Waals surface area contributed by atoms with E-state index in [0.29, 0.717) is 0 Å². The van der Waals surface area contributed by atoms with Gasteiger partial charge in [0, 0.05) is 24.1 Å². The third-order valence-electron chi connectivity index (χ3n) is 3.49. The number of likely N-dealkylation sites (tertiary alicyclic amines) is 1. The van der Waals surface area contributed by atoms with Crippen LogP contribution in [0, 0.1) is 0 Å². The van der Waals surface area contributed by atoms with E-state index >= 15 is 0 Å². The van der Waals surface area contributed by atoms with Crippen molar-refractivity contribution in [1.29, 1.82) is 0 Å². The fourth-order valence-electron chi connectivity index (χ4n) is 2.10. The molecule has 0 spiro atoms. The van der Waals surface area contributed by atoms with Crippen molar-refractivity contribution in [2.24, 2.45) is 0 Å². The van der Waals surface area contributed by atoms with E-state index in [4.69, 9.17) is 5.11 Å². The van der Waals surface area contributed by atoms with E-state index in [0.717, 1.165) is 5.69 Å². The van der Waals surface area contributed by atoms with Gasteiger partial charge in [-0.3, -0.25) is 9.89 Å². The van der Waals surface area contributed by atoms with E-state index in [9.17, 15) is 14.0 Å². The van der Waals surface area contributed by atoms with Crippen molar-refractivity contribution >= 4 is 11.9 Å². The van der Waals surface area contributed by atoms with Crippen molar-refractivity contribution in [2.75, 3.05) is 13.1 Å². The summed E-state index contributed by atoms with van der Waals surface area (Å²) in [5.74, 6) is -1.97. The molecule has 110 valence electrons. The molecule has 0 saturated carbocycles. The van der Waals surface area contributed by atoms with Crippen LogP contribution in [0.25, 0.3) is 0 Å².